The lowest BCUT2D eigenvalue weighted by Gasteiger charge is -2.08. The van der Waals surface area contributed by atoms with E-state index in [1.54, 1.807) is 6.92 Å². The number of ketones is 1. The lowest BCUT2D eigenvalue weighted by molar-refractivity contribution is -0.0516. The quantitative estimate of drug-likeness (QED) is 0.637. The Morgan fingerprint density at radius 3 is 2.73 bits per heavy atom. The predicted octanol–water partition coefficient (Wildman–Crippen LogP) is 3.17. The molecule has 1 rings (SSSR count). The number of carbonyl (C=O) groups is 1. The number of ether oxygens (including phenoxy) is 1. The molecule has 0 amide bonds. The molecule has 0 spiro atoms. The zero-order valence-electron chi connectivity index (χ0n) is 8.04. The molecule has 0 unspecified atom stereocenters. The first-order chi connectivity index (χ1) is 7.04. The van der Waals surface area contributed by atoms with Crippen molar-refractivity contribution >= 4 is 18.4 Å². The molecule has 0 bridgehead atoms. The van der Waals surface area contributed by atoms with Gasteiger partial charge in [0.2, 0.25) is 0 Å². The number of hydrogen-bond donors (Lipinski definition) is 1. The summed E-state index contributed by atoms with van der Waals surface area (Å²) in [7, 11) is 0. The van der Waals surface area contributed by atoms with Gasteiger partial charge < -0.3 is 4.74 Å². The third-order valence-corrected chi connectivity index (χ3v) is 2.19. The van der Waals surface area contributed by atoms with Gasteiger partial charge in [0.1, 0.15) is 5.75 Å². The molecule has 0 atom stereocenters. The van der Waals surface area contributed by atoms with Crippen LogP contribution in [0.25, 0.3) is 0 Å². The molecule has 1 aromatic carbocycles. The van der Waals surface area contributed by atoms with Gasteiger partial charge in [0.05, 0.1) is 0 Å². The SMILES string of the molecule is CCC(=O)c1ccc(S)c(OC(F)F)c1. The Labute approximate surface area is 91.7 Å². The first-order valence-corrected chi connectivity index (χ1v) is 4.80. The molecule has 15 heavy (non-hydrogen) atoms. The van der Waals surface area contributed by atoms with Crippen molar-refractivity contribution in [2.75, 3.05) is 0 Å². The highest BCUT2D eigenvalue weighted by molar-refractivity contribution is 7.80. The van der Waals surface area contributed by atoms with E-state index >= 15 is 0 Å². The van der Waals surface area contributed by atoms with Crippen LogP contribution < -0.4 is 4.74 Å². The zero-order chi connectivity index (χ0) is 11.4. The van der Waals surface area contributed by atoms with E-state index < -0.39 is 6.61 Å². The summed E-state index contributed by atoms with van der Waals surface area (Å²) in [6.07, 6.45) is 0.319. The van der Waals surface area contributed by atoms with Crippen LogP contribution in [-0.2, 0) is 0 Å². The van der Waals surface area contributed by atoms with Crippen molar-refractivity contribution in [3.05, 3.63) is 23.8 Å². The minimum Gasteiger partial charge on any atom is -0.434 e. The minimum atomic E-state index is -2.91. The Kier molecular flexibility index (Phi) is 4.08. The van der Waals surface area contributed by atoms with Gasteiger partial charge in [-0.2, -0.15) is 8.78 Å². The molecular weight excluding hydrogens is 222 g/mol. The number of benzene rings is 1. The van der Waals surface area contributed by atoms with Crippen LogP contribution in [0.3, 0.4) is 0 Å². The summed E-state index contributed by atoms with van der Waals surface area (Å²) in [6.45, 7) is -1.22. The van der Waals surface area contributed by atoms with Gasteiger partial charge in [0.25, 0.3) is 0 Å². The standard InChI is InChI=1S/C10H10F2O2S/c1-2-7(13)6-3-4-9(15)8(5-6)14-10(11)12/h3-5,10,15H,2H2,1H3. The largest absolute Gasteiger partial charge is 0.434 e. The molecule has 5 heteroatoms. The summed E-state index contributed by atoms with van der Waals surface area (Å²) < 4.78 is 28.2. The van der Waals surface area contributed by atoms with Crippen molar-refractivity contribution < 1.29 is 18.3 Å². The Bertz CT molecular complexity index is 366. The molecule has 82 valence electrons. The maximum Gasteiger partial charge on any atom is 0.387 e. The lowest BCUT2D eigenvalue weighted by atomic mass is 10.1. The van der Waals surface area contributed by atoms with Crippen LogP contribution in [0.15, 0.2) is 23.1 Å². The molecule has 0 aliphatic heterocycles. The van der Waals surface area contributed by atoms with Gasteiger partial charge in [-0.05, 0) is 12.1 Å². The molecule has 1 aromatic rings. The van der Waals surface area contributed by atoms with Crippen LogP contribution in [-0.4, -0.2) is 12.4 Å². The first-order valence-electron chi connectivity index (χ1n) is 4.35. The Hall–Kier alpha value is -1.10. The minimum absolute atomic E-state index is 0.0763. The van der Waals surface area contributed by atoms with Gasteiger partial charge in [-0.15, -0.1) is 12.6 Å². The summed E-state index contributed by atoms with van der Waals surface area (Å²) in [6, 6.07) is 4.27. The molecular formula is C10H10F2O2S. The van der Waals surface area contributed by atoms with Gasteiger partial charge >= 0.3 is 6.61 Å². The number of halogens is 2. The molecule has 0 N–H and O–H groups in total. The molecule has 0 heterocycles. The fourth-order valence-corrected chi connectivity index (χ4v) is 1.27. The second-order valence-electron chi connectivity index (χ2n) is 2.84. The van der Waals surface area contributed by atoms with E-state index in [2.05, 4.69) is 17.4 Å². The van der Waals surface area contributed by atoms with Crippen molar-refractivity contribution in [2.45, 2.75) is 24.9 Å². The summed E-state index contributed by atoms with van der Waals surface area (Å²) in [4.78, 5) is 11.6. The van der Waals surface area contributed by atoms with Gasteiger partial charge in [-0.3, -0.25) is 4.79 Å². The number of carbonyl (C=O) groups excluding carboxylic acids is 1. The molecule has 0 saturated heterocycles. The zero-order valence-corrected chi connectivity index (χ0v) is 8.93. The Balaban J connectivity index is 2.99. The van der Waals surface area contributed by atoms with Crippen LogP contribution in [0.4, 0.5) is 8.78 Å². The van der Waals surface area contributed by atoms with Gasteiger partial charge in [-0.25, -0.2) is 0 Å². The molecule has 0 fully saturated rings. The van der Waals surface area contributed by atoms with E-state index in [9.17, 15) is 13.6 Å². The average molecular weight is 232 g/mol. The maximum absolute atomic E-state index is 12.0. The number of alkyl halides is 2. The van der Waals surface area contributed by atoms with E-state index in [0.29, 0.717) is 12.0 Å². The van der Waals surface area contributed by atoms with E-state index in [1.165, 1.54) is 18.2 Å². The molecule has 0 aliphatic carbocycles. The predicted molar refractivity (Wildman–Crippen MR) is 54.9 cm³/mol. The van der Waals surface area contributed by atoms with Crippen molar-refractivity contribution in [3.63, 3.8) is 0 Å². The number of thiol groups is 1. The maximum atomic E-state index is 12.0. The lowest BCUT2D eigenvalue weighted by Crippen LogP contribution is -2.04. The molecule has 0 saturated carbocycles. The topological polar surface area (TPSA) is 26.3 Å². The van der Waals surface area contributed by atoms with E-state index in [1.807, 2.05) is 0 Å². The van der Waals surface area contributed by atoms with Crippen LogP contribution in [0.2, 0.25) is 0 Å². The smallest absolute Gasteiger partial charge is 0.387 e. The van der Waals surface area contributed by atoms with Gasteiger partial charge in [0.15, 0.2) is 5.78 Å². The van der Waals surface area contributed by atoms with Gasteiger partial charge in [0, 0.05) is 16.9 Å². The van der Waals surface area contributed by atoms with E-state index in [-0.39, 0.29) is 16.4 Å². The summed E-state index contributed by atoms with van der Waals surface area (Å²) in [5, 5.41) is 0. The van der Waals surface area contributed by atoms with Crippen molar-refractivity contribution in [3.8, 4) is 5.75 Å². The van der Waals surface area contributed by atoms with E-state index in [0.717, 1.165) is 0 Å². The van der Waals surface area contributed by atoms with E-state index in [4.69, 9.17) is 0 Å². The summed E-state index contributed by atoms with van der Waals surface area (Å²) >= 11 is 3.95. The Morgan fingerprint density at radius 1 is 1.53 bits per heavy atom. The third kappa shape index (κ3) is 3.20. The average Bonchev–Trinajstić information content (AvgIpc) is 2.19. The summed E-state index contributed by atoms with van der Waals surface area (Å²) in [5.74, 6) is -0.199. The van der Waals surface area contributed by atoms with Gasteiger partial charge in [-0.1, -0.05) is 13.0 Å². The van der Waals surface area contributed by atoms with Crippen LogP contribution in [0, 0.1) is 0 Å². The van der Waals surface area contributed by atoms with Crippen molar-refractivity contribution in [1.29, 1.82) is 0 Å². The second kappa shape index (κ2) is 5.11. The molecule has 0 radical (unpaired) electrons. The monoisotopic (exact) mass is 232 g/mol. The van der Waals surface area contributed by atoms with Crippen molar-refractivity contribution in [1.82, 2.24) is 0 Å². The first kappa shape index (κ1) is 12.0. The fraction of sp³-hybridized carbons (Fsp3) is 0.300. The molecule has 0 aromatic heterocycles. The second-order valence-corrected chi connectivity index (χ2v) is 3.32. The number of rotatable bonds is 4. The molecule has 0 aliphatic rings. The number of hydrogen-bond acceptors (Lipinski definition) is 3. The summed E-state index contributed by atoms with van der Waals surface area (Å²) in [5.41, 5.74) is 0.353. The fourth-order valence-electron chi connectivity index (χ4n) is 1.08. The number of Topliss-reactive ketones (excluding diaryl/α,β-unsaturated/α-hetero) is 1. The molecule has 2 nitrogen and oxygen atoms in total. The highest BCUT2D eigenvalue weighted by atomic mass is 32.1. The Morgan fingerprint density at radius 2 is 2.20 bits per heavy atom. The van der Waals surface area contributed by atoms with Crippen LogP contribution in [0.1, 0.15) is 23.7 Å². The van der Waals surface area contributed by atoms with Crippen molar-refractivity contribution in [2.24, 2.45) is 0 Å². The third-order valence-electron chi connectivity index (χ3n) is 1.82. The highest BCUT2D eigenvalue weighted by Crippen LogP contribution is 2.26. The van der Waals surface area contributed by atoms with Crippen LogP contribution >= 0.6 is 12.6 Å². The normalized spacial score (nSPS) is 10.5. The van der Waals surface area contributed by atoms with Crippen LogP contribution in [0.5, 0.6) is 5.75 Å². The highest BCUT2D eigenvalue weighted by Gasteiger charge is 2.11.